The molecule has 0 aliphatic carbocycles. The van der Waals surface area contributed by atoms with Crippen LogP contribution in [0.5, 0.6) is 0 Å². The number of hydrogen-bond donors (Lipinski definition) is 0. The number of halogens is 2. The standard InChI is InChI=1S/C11H13BrClN/c12-10-8-9(13)4-5-11(10)14-6-2-1-3-7-14/h4-5,8H,1-3,6-7H2. The zero-order chi connectivity index (χ0) is 9.97. The maximum absolute atomic E-state index is 5.91. The molecule has 1 nitrogen and oxygen atoms in total. The third-order valence-corrected chi connectivity index (χ3v) is 3.48. The molecule has 1 heterocycles. The number of piperidine rings is 1. The largest absolute Gasteiger partial charge is 0.371 e. The normalized spacial score (nSPS) is 17.1. The average molecular weight is 275 g/mol. The van der Waals surface area contributed by atoms with Crippen molar-refractivity contribution < 1.29 is 0 Å². The molecule has 0 amide bonds. The molecule has 1 aromatic rings. The minimum atomic E-state index is 0.789. The van der Waals surface area contributed by atoms with Crippen LogP contribution in [0.4, 0.5) is 5.69 Å². The summed E-state index contributed by atoms with van der Waals surface area (Å²) in [7, 11) is 0. The predicted molar refractivity (Wildman–Crippen MR) is 65.2 cm³/mol. The molecule has 0 bridgehead atoms. The fourth-order valence-corrected chi connectivity index (χ4v) is 2.81. The Hall–Kier alpha value is -0.210. The summed E-state index contributed by atoms with van der Waals surface area (Å²) < 4.78 is 1.10. The van der Waals surface area contributed by atoms with Crippen LogP contribution in [0.2, 0.25) is 5.02 Å². The van der Waals surface area contributed by atoms with Gasteiger partial charge in [-0.1, -0.05) is 11.6 Å². The molecule has 1 aliphatic rings. The van der Waals surface area contributed by atoms with E-state index in [4.69, 9.17) is 11.6 Å². The first-order valence-corrected chi connectivity index (χ1v) is 6.14. The number of rotatable bonds is 1. The lowest BCUT2D eigenvalue weighted by atomic mass is 10.1. The van der Waals surface area contributed by atoms with Crippen molar-refractivity contribution in [2.75, 3.05) is 18.0 Å². The maximum atomic E-state index is 5.91. The Labute approximate surface area is 98.2 Å². The zero-order valence-corrected chi connectivity index (χ0v) is 10.3. The molecule has 0 saturated carbocycles. The lowest BCUT2D eigenvalue weighted by Gasteiger charge is -2.29. The van der Waals surface area contributed by atoms with Crippen LogP contribution in [-0.2, 0) is 0 Å². The van der Waals surface area contributed by atoms with E-state index in [1.807, 2.05) is 12.1 Å². The van der Waals surface area contributed by atoms with Gasteiger partial charge in [0.25, 0.3) is 0 Å². The molecule has 3 heteroatoms. The molecule has 1 aliphatic heterocycles. The fraction of sp³-hybridized carbons (Fsp3) is 0.455. The molecule has 0 N–H and O–H groups in total. The molecular weight excluding hydrogens is 261 g/mol. The molecule has 76 valence electrons. The number of benzene rings is 1. The van der Waals surface area contributed by atoms with E-state index in [0.717, 1.165) is 9.50 Å². The Kier molecular flexibility index (Phi) is 3.34. The lowest BCUT2D eigenvalue weighted by Crippen LogP contribution is -2.29. The van der Waals surface area contributed by atoms with E-state index in [2.05, 4.69) is 26.9 Å². The fourth-order valence-electron chi connectivity index (χ4n) is 1.87. The van der Waals surface area contributed by atoms with E-state index in [0.29, 0.717) is 0 Å². The molecule has 1 aromatic carbocycles. The highest BCUT2D eigenvalue weighted by Gasteiger charge is 2.13. The summed E-state index contributed by atoms with van der Waals surface area (Å²) in [5, 5.41) is 0.789. The lowest BCUT2D eigenvalue weighted by molar-refractivity contribution is 0.577. The first-order chi connectivity index (χ1) is 6.77. The Bertz CT molecular complexity index is 321. The van der Waals surface area contributed by atoms with Crippen molar-refractivity contribution in [2.24, 2.45) is 0 Å². The summed E-state index contributed by atoms with van der Waals surface area (Å²) in [4.78, 5) is 2.42. The van der Waals surface area contributed by atoms with Crippen molar-refractivity contribution in [3.8, 4) is 0 Å². The Morgan fingerprint density at radius 3 is 2.50 bits per heavy atom. The van der Waals surface area contributed by atoms with Crippen molar-refractivity contribution in [2.45, 2.75) is 19.3 Å². The second-order valence-electron chi connectivity index (χ2n) is 3.64. The quantitative estimate of drug-likeness (QED) is 0.745. The van der Waals surface area contributed by atoms with Gasteiger partial charge in [0.15, 0.2) is 0 Å². The number of nitrogens with zero attached hydrogens (tertiary/aromatic N) is 1. The molecule has 0 spiro atoms. The third kappa shape index (κ3) is 2.23. The van der Waals surface area contributed by atoms with Crippen LogP contribution < -0.4 is 4.90 Å². The van der Waals surface area contributed by atoms with Crippen LogP contribution in [0.1, 0.15) is 19.3 Å². The van der Waals surface area contributed by atoms with Gasteiger partial charge in [-0.25, -0.2) is 0 Å². The van der Waals surface area contributed by atoms with E-state index < -0.39 is 0 Å². The van der Waals surface area contributed by atoms with Crippen molar-refractivity contribution in [3.63, 3.8) is 0 Å². The highest BCUT2D eigenvalue weighted by molar-refractivity contribution is 9.10. The molecule has 1 saturated heterocycles. The van der Waals surface area contributed by atoms with Gasteiger partial charge in [-0.2, -0.15) is 0 Å². The first kappa shape index (κ1) is 10.3. The predicted octanol–water partition coefficient (Wildman–Crippen LogP) is 4.09. The molecule has 0 aromatic heterocycles. The summed E-state index contributed by atoms with van der Waals surface area (Å²) in [6, 6.07) is 6.01. The summed E-state index contributed by atoms with van der Waals surface area (Å²) >= 11 is 9.46. The Balaban J connectivity index is 2.22. The monoisotopic (exact) mass is 273 g/mol. The van der Waals surface area contributed by atoms with Crippen molar-refractivity contribution in [3.05, 3.63) is 27.7 Å². The van der Waals surface area contributed by atoms with Crippen molar-refractivity contribution in [1.82, 2.24) is 0 Å². The van der Waals surface area contributed by atoms with Gasteiger partial charge in [0.05, 0.1) is 5.69 Å². The van der Waals surface area contributed by atoms with Crippen LogP contribution in [0.15, 0.2) is 22.7 Å². The minimum absolute atomic E-state index is 0.789. The van der Waals surface area contributed by atoms with Crippen LogP contribution in [-0.4, -0.2) is 13.1 Å². The average Bonchev–Trinajstić information content (AvgIpc) is 2.19. The number of hydrogen-bond acceptors (Lipinski definition) is 1. The first-order valence-electron chi connectivity index (χ1n) is 4.97. The van der Waals surface area contributed by atoms with Crippen molar-refractivity contribution >= 4 is 33.2 Å². The maximum Gasteiger partial charge on any atom is 0.0511 e. The Morgan fingerprint density at radius 2 is 1.86 bits per heavy atom. The summed E-state index contributed by atoms with van der Waals surface area (Å²) in [5.74, 6) is 0. The van der Waals surface area contributed by atoms with Gasteiger partial charge in [0, 0.05) is 22.6 Å². The van der Waals surface area contributed by atoms with E-state index in [1.165, 1.54) is 38.0 Å². The number of anilines is 1. The highest BCUT2D eigenvalue weighted by atomic mass is 79.9. The van der Waals surface area contributed by atoms with Gasteiger partial charge in [-0.15, -0.1) is 0 Å². The SMILES string of the molecule is Clc1ccc(N2CCCCC2)c(Br)c1. The second-order valence-corrected chi connectivity index (χ2v) is 4.93. The van der Waals surface area contributed by atoms with Gasteiger partial charge < -0.3 is 4.90 Å². The van der Waals surface area contributed by atoms with Gasteiger partial charge in [-0.3, -0.25) is 0 Å². The minimum Gasteiger partial charge on any atom is -0.371 e. The zero-order valence-electron chi connectivity index (χ0n) is 7.97. The van der Waals surface area contributed by atoms with E-state index in [1.54, 1.807) is 0 Å². The molecule has 1 fully saturated rings. The summed E-state index contributed by atoms with van der Waals surface area (Å²) in [6.45, 7) is 2.33. The van der Waals surface area contributed by atoms with Gasteiger partial charge in [0.2, 0.25) is 0 Å². The molecule has 0 atom stereocenters. The third-order valence-electron chi connectivity index (χ3n) is 2.61. The summed E-state index contributed by atoms with van der Waals surface area (Å²) in [6.07, 6.45) is 3.96. The van der Waals surface area contributed by atoms with E-state index in [-0.39, 0.29) is 0 Å². The summed E-state index contributed by atoms with van der Waals surface area (Å²) in [5.41, 5.74) is 1.27. The molecule has 2 rings (SSSR count). The Morgan fingerprint density at radius 1 is 1.14 bits per heavy atom. The topological polar surface area (TPSA) is 3.24 Å². The van der Waals surface area contributed by atoms with Gasteiger partial charge >= 0.3 is 0 Å². The smallest absolute Gasteiger partial charge is 0.0511 e. The van der Waals surface area contributed by atoms with Crippen LogP contribution in [0, 0.1) is 0 Å². The van der Waals surface area contributed by atoms with Gasteiger partial charge in [-0.05, 0) is 53.4 Å². The highest BCUT2D eigenvalue weighted by Crippen LogP contribution is 2.30. The molecule has 0 unspecified atom stereocenters. The van der Waals surface area contributed by atoms with Crippen LogP contribution in [0.25, 0.3) is 0 Å². The molecule has 14 heavy (non-hydrogen) atoms. The van der Waals surface area contributed by atoms with Crippen molar-refractivity contribution in [1.29, 1.82) is 0 Å². The van der Waals surface area contributed by atoms with Gasteiger partial charge in [0.1, 0.15) is 0 Å². The van der Waals surface area contributed by atoms with Crippen LogP contribution in [0.3, 0.4) is 0 Å². The molecule has 0 radical (unpaired) electrons. The van der Waals surface area contributed by atoms with E-state index >= 15 is 0 Å². The van der Waals surface area contributed by atoms with E-state index in [9.17, 15) is 0 Å². The molecular formula is C11H13BrClN. The second kappa shape index (κ2) is 4.54. The van der Waals surface area contributed by atoms with Crippen LogP contribution >= 0.6 is 27.5 Å².